The molecule has 0 amide bonds. The van der Waals surface area contributed by atoms with E-state index >= 15 is 0 Å². The molecule has 0 radical (unpaired) electrons. The molecule has 0 aliphatic heterocycles. The van der Waals surface area contributed by atoms with E-state index in [1.165, 1.54) is 29.0 Å². The van der Waals surface area contributed by atoms with Crippen molar-refractivity contribution in [2.45, 2.75) is 0 Å². The van der Waals surface area contributed by atoms with Crippen molar-refractivity contribution in [3.8, 4) is 22.6 Å². The lowest BCUT2D eigenvalue weighted by Gasteiger charge is -2.16. The summed E-state index contributed by atoms with van der Waals surface area (Å²) in [6, 6.07) is 8.69. The highest BCUT2D eigenvalue weighted by Crippen LogP contribution is 2.39. The molecule has 0 saturated carbocycles. The number of nitrogens with one attached hydrogen (secondary N) is 2. The Labute approximate surface area is 186 Å². The van der Waals surface area contributed by atoms with Crippen molar-refractivity contribution in [2.75, 3.05) is 17.1 Å². The summed E-state index contributed by atoms with van der Waals surface area (Å²) in [6.45, 7) is -1.06. The lowest BCUT2D eigenvalue weighted by Crippen LogP contribution is -2.18. The number of benzene rings is 2. The third kappa shape index (κ3) is 4.58. The van der Waals surface area contributed by atoms with Crippen LogP contribution in [0.5, 0.6) is 11.5 Å². The second-order valence-corrected chi connectivity index (χ2v) is 9.06. The highest BCUT2D eigenvalue weighted by molar-refractivity contribution is 7.92. The molecule has 0 fully saturated rings. The number of aryl methyl sites for hydroxylation is 1. The fourth-order valence-electron chi connectivity index (χ4n) is 3.39. The monoisotopic (exact) mass is 477 g/mol. The van der Waals surface area contributed by atoms with Crippen molar-refractivity contribution in [1.82, 2.24) is 9.55 Å². The number of nitrogens with zero attached hydrogens (tertiary/aromatic N) is 1. The van der Waals surface area contributed by atoms with E-state index in [0.29, 0.717) is 28.1 Å². The molecule has 2 aromatic carbocycles. The molecule has 2 heterocycles. The summed E-state index contributed by atoms with van der Waals surface area (Å²) in [5.74, 6) is -2.55. The maximum atomic E-state index is 14.2. The van der Waals surface area contributed by atoms with Gasteiger partial charge in [-0.3, -0.25) is 9.52 Å². The van der Waals surface area contributed by atoms with E-state index in [1.807, 2.05) is 0 Å². The molecule has 0 unspecified atom stereocenters. The van der Waals surface area contributed by atoms with E-state index < -0.39 is 34.1 Å². The predicted molar refractivity (Wildman–Crippen MR) is 119 cm³/mol. The average Bonchev–Trinajstić information content (AvgIpc) is 3.23. The molecule has 0 spiro atoms. The molecule has 7 nitrogen and oxygen atoms in total. The van der Waals surface area contributed by atoms with Crippen LogP contribution in [0.1, 0.15) is 0 Å². The summed E-state index contributed by atoms with van der Waals surface area (Å²) in [6.07, 6.45) is 3.10. The number of H-pyrrole nitrogens is 1. The minimum atomic E-state index is -3.94. The van der Waals surface area contributed by atoms with Crippen LogP contribution in [-0.2, 0) is 17.1 Å². The fraction of sp³-hybridized carbons (Fsp3) is 0.136. The van der Waals surface area contributed by atoms with Crippen LogP contribution in [0.2, 0.25) is 0 Å². The summed E-state index contributed by atoms with van der Waals surface area (Å²) in [4.78, 5) is 15.3. The number of hydrogen-bond donors (Lipinski definition) is 2. The molecule has 2 aromatic heterocycles. The van der Waals surface area contributed by atoms with E-state index in [2.05, 4.69) is 9.71 Å². The van der Waals surface area contributed by atoms with Crippen LogP contribution in [0, 0.1) is 11.6 Å². The predicted octanol–water partition coefficient (Wildman–Crippen LogP) is 4.32. The Morgan fingerprint density at radius 1 is 1.06 bits per heavy atom. The van der Waals surface area contributed by atoms with Gasteiger partial charge in [0.1, 0.15) is 23.8 Å². The Kier molecular flexibility index (Phi) is 5.90. The smallest absolute Gasteiger partial charge is 0.274 e. The van der Waals surface area contributed by atoms with Crippen molar-refractivity contribution in [2.24, 2.45) is 7.05 Å². The minimum absolute atomic E-state index is 0.114. The van der Waals surface area contributed by atoms with Gasteiger partial charge in [0.15, 0.2) is 11.6 Å². The van der Waals surface area contributed by atoms with E-state index in [0.717, 1.165) is 12.1 Å². The Balaban J connectivity index is 1.90. The first-order chi connectivity index (χ1) is 15.7. The summed E-state index contributed by atoms with van der Waals surface area (Å²) < 4.78 is 73.5. The summed E-state index contributed by atoms with van der Waals surface area (Å²) in [5.41, 5.74) is 0.933. The summed E-state index contributed by atoms with van der Waals surface area (Å²) in [7, 11) is -2.40. The van der Waals surface area contributed by atoms with Gasteiger partial charge in [-0.25, -0.2) is 21.6 Å². The zero-order chi connectivity index (χ0) is 23.8. The number of sulfonamides is 1. The molecular formula is C22H18F3N3O4S. The number of pyridine rings is 1. The van der Waals surface area contributed by atoms with Crippen molar-refractivity contribution < 1.29 is 26.3 Å². The van der Waals surface area contributed by atoms with E-state index in [-0.39, 0.29) is 22.7 Å². The van der Waals surface area contributed by atoms with Gasteiger partial charge in [0.25, 0.3) is 5.56 Å². The largest absolute Gasteiger partial charge is 0.454 e. The Bertz CT molecular complexity index is 1510. The van der Waals surface area contributed by atoms with Gasteiger partial charge in [-0.2, -0.15) is 0 Å². The first kappa shape index (κ1) is 22.5. The zero-order valence-electron chi connectivity index (χ0n) is 17.2. The van der Waals surface area contributed by atoms with Gasteiger partial charge < -0.3 is 14.3 Å². The van der Waals surface area contributed by atoms with Crippen LogP contribution in [0.25, 0.3) is 22.0 Å². The number of ether oxygens (including phenoxy) is 1. The van der Waals surface area contributed by atoms with Gasteiger partial charge in [-0.1, -0.05) is 0 Å². The second-order valence-electron chi connectivity index (χ2n) is 7.22. The van der Waals surface area contributed by atoms with Crippen molar-refractivity contribution in [1.29, 1.82) is 0 Å². The highest BCUT2D eigenvalue weighted by atomic mass is 32.2. The standard InChI is InChI=1S/C22H18F3N3O4S/c1-28-12-17(15-6-8-26-21(15)22(28)29)16-11-14(27-33(30,31)9-7-23)3-5-19(16)32-20-4-2-13(24)10-18(20)25/h2-6,8,10-12,26-27H,7,9H2,1H3. The van der Waals surface area contributed by atoms with Crippen LogP contribution in [-0.4, -0.2) is 30.4 Å². The second kappa shape index (κ2) is 8.66. The van der Waals surface area contributed by atoms with Gasteiger partial charge in [0.05, 0.1) is 5.75 Å². The maximum absolute atomic E-state index is 14.2. The summed E-state index contributed by atoms with van der Waals surface area (Å²) >= 11 is 0. The topological polar surface area (TPSA) is 93.2 Å². The van der Waals surface area contributed by atoms with E-state index in [4.69, 9.17) is 4.74 Å². The van der Waals surface area contributed by atoms with Crippen LogP contribution in [0.4, 0.5) is 18.9 Å². The number of aromatic nitrogens is 2. The van der Waals surface area contributed by atoms with Crippen LogP contribution in [0.3, 0.4) is 0 Å². The molecular weight excluding hydrogens is 459 g/mol. The van der Waals surface area contributed by atoms with Crippen molar-refractivity contribution in [3.63, 3.8) is 0 Å². The lowest BCUT2D eigenvalue weighted by atomic mass is 10.0. The Morgan fingerprint density at radius 2 is 1.82 bits per heavy atom. The number of halogens is 3. The van der Waals surface area contributed by atoms with Crippen molar-refractivity contribution in [3.05, 3.63) is 76.8 Å². The molecule has 0 bridgehead atoms. The van der Waals surface area contributed by atoms with Crippen LogP contribution >= 0.6 is 0 Å². The van der Waals surface area contributed by atoms with Gasteiger partial charge in [0.2, 0.25) is 10.0 Å². The lowest BCUT2D eigenvalue weighted by molar-refractivity contribution is 0.439. The molecule has 0 aliphatic carbocycles. The molecule has 4 aromatic rings. The molecule has 2 N–H and O–H groups in total. The molecule has 0 aliphatic rings. The van der Waals surface area contributed by atoms with Gasteiger partial charge in [0, 0.05) is 47.7 Å². The number of rotatable bonds is 7. The summed E-state index contributed by atoms with van der Waals surface area (Å²) in [5, 5.41) is 0.520. The third-order valence-electron chi connectivity index (χ3n) is 4.90. The van der Waals surface area contributed by atoms with Crippen LogP contribution < -0.4 is 15.0 Å². The molecule has 4 rings (SSSR count). The number of fused-ring (bicyclic) bond motifs is 1. The van der Waals surface area contributed by atoms with Gasteiger partial charge in [-0.05, 0) is 36.4 Å². The molecule has 0 saturated heterocycles. The normalized spacial score (nSPS) is 11.6. The van der Waals surface area contributed by atoms with E-state index in [1.54, 1.807) is 19.3 Å². The average molecular weight is 477 g/mol. The first-order valence-electron chi connectivity index (χ1n) is 9.69. The van der Waals surface area contributed by atoms with Crippen molar-refractivity contribution >= 4 is 26.6 Å². The van der Waals surface area contributed by atoms with E-state index in [9.17, 15) is 26.4 Å². The Morgan fingerprint density at radius 3 is 2.55 bits per heavy atom. The Hall–Kier alpha value is -3.73. The maximum Gasteiger partial charge on any atom is 0.274 e. The number of alkyl halides is 1. The zero-order valence-corrected chi connectivity index (χ0v) is 18.0. The molecule has 0 atom stereocenters. The fourth-order valence-corrected chi connectivity index (χ4v) is 4.18. The number of hydrogen-bond acceptors (Lipinski definition) is 4. The highest BCUT2D eigenvalue weighted by Gasteiger charge is 2.18. The molecule has 33 heavy (non-hydrogen) atoms. The van der Waals surface area contributed by atoms with Gasteiger partial charge in [-0.15, -0.1) is 0 Å². The van der Waals surface area contributed by atoms with Crippen LogP contribution in [0.15, 0.2) is 59.7 Å². The minimum Gasteiger partial charge on any atom is -0.454 e. The number of aromatic amines is 1. The van der Waals surface area contributed by atoms with Gasteiger partial charge >= 0.3 is 0 Å². The molecule has 11 heteroatoms. The number of anilines is 1. The quantitative estimate of drug-likeness (QED) is 0.415. The third-order valence-corrected chi connectivity index (χ3v) is 6.14. The molecule has 172 valence electrons. The first-order valence-corrected chi connectivity index (χ1v) is 11.3. The SMILES string of the molecule is Cn1cc(-c2cc(NS(=O)(=O)CCF)ccc2Oc2ccc(F)cc2F)c2cc[nH]c2c1=O.